The predicted molar refractivity (Wildman–Crippen MR) is 108 cm³/mol. The van der Waals surface area contributed by atoms with E-state index in [4.69, 9.17) is 4.74 Å². The molecule has 0 saturated carbocycles. The van der Waals surface area contributed by atoms with E-state index in [0.29, 0.717) is 45.0 Å². The molecule has 2 saturated heterocycles. The zero-order chi connectivity index (χ0) is 19.3. The molecule has 146 valence electrons. The topological polar surface area (TPSA) is 49.9 Å². The lowest BCUT2D eigenvalue weighted by Gasteiger charge is -2.35. The molecule has 2 heterocycles. The standard InChI is InChI=1S/C23H26N2O3/c26-22(25-13-15-28-16-14-25)19-9-11-24(12-10-19)23(27)21-8-4-7-20(17-21)18-5-2-1-3-6-18/h1-8,17,19H,9-16H2. The summed E-state index contributed by atoms with van der Waals surface area (Å²) in [5, 5.41) is 0. The van der Waals surface area contributed by atoms with Crippen LogP contribution in [-0.2, 0) is 9.53 Å². The molecule has 0 aromatic heterocycles. The van der Waals surface area contributed by atoms with Gasteiger partial charge in [0.25, 0.3) is 5.91 Å². The van der Waals surface area contributed by atoms with Crippen LogP contribution in [0.3, 0.4) is 0 Å². The molecule has 2 aromatic carbocycles. The van der Waals surface area contributed by atoms with Crippen LogP contribution in [0.15, 0.2) is 54.6 Å². The number of benzene rings is 2. The monoisotopic (exact) mass is 378 g/mol. The summed E-state index contributed by atoms with van der Waals surface area (Å²) in [6, 6.07) is 17.9. The first-order valence-electron chi connectivity index (χ1n) is 10.0. The van der Waals surface area contributed by atoms with Gasteiger partial charge in [-0.3, -0.25) is 9.59 Å². The Kier molecular flexibility index (Phi) is 5.72. The number of rotatable bonds is 3. The van der Waals surface area contributed by atoms with E-state index in [2.05, 4.69) is 0 Å². The van der Waals surface area contributed by atoms with Crippen molar-refractivity contribution < 1.29 is 14.3 Å². The summed E-state index contributed by atoms with van der Waals surface area (Å²) in [5.41, 5.74) is 2.86. The average Bonchev–Trinajstić information content (AvgIpc) is 2.79. The van der Waals surface area contributed by atoms with Crippen LogP contribution in [0.2, 0.25) is 0 Å². The van der Waals surface area contributed by atoms with Gasteiger partial charge in [-0.2, -0.15) is 0 Å². The van der Waals surface area contributed by atoms with Crippen molar-refractivity contribution in [1.29, 1.82) is 0 Å². The zero-order valence-electron chi connectivity index (χ0n) is 16.0. The molecule has 0 N–H and O–H groups in total. The highest BCUT2D eigenvalue weighted by molar-refractivity contribution is 5.95. The number of nitrogens with zero attached hydrogens (tertiary/aromatic N) is 2. The van der Waals surface area contributed by atoms with E-state index in [1.807, 2.05) is 64.4 Å². The molecule has 2 amide bonds. The van der Waals surface area contributed by atoms with E-state index >= 15 is 0 Å². The van der Waals surface area contributed by atoms with Crippen molar-refractivity contribution in [2.75, 3.05) is 39.4 Å². The molecule has 28 heavy (non-hydrogen) atoms. The van der Waals surface area contributed by atoms with Gasteiger partial charge in [-0.05, 0) is 36.1 Å². The molecule has 2 aliphatic rings. The number of carbonyl (C=O) groups excluding carboxylic acids is 2. The lowest BCUT2D eigenvalue weighted by atomic mass is 9.94. The first-order chi connectivity index (χ1) is 13.7. The van der Waals surface area contributed by atoms with Crippen molar-refractivity contribution in [2.45, 2.75) is 12.8 Å². The number of amides is 2. The average molecular weight is 378 g/mol. The Morgan fingerprint density at radius 1 is 0.786 bits per heavy atom. The van der Waals surface area contributed by atoms with Gasteiger partial charge in [0, 0.05) is 37.7 Å². The van der Waals surface area contributed by atoms with E-state index in [1.165, 1.54) is 0 Å². The fraction of sp³-hybridized carbons (Fsp3) is 0.391. The maximum atomic E-state index is 13.0. The van der Waals surface area contributed by atoms with Crippen molar-refractivity contribution in [3.8, 4) is 11.1 Å². The Balaban J connectivity index is 1.38. The third-order valence-corrected chi connectivity index (χ3v) is 5.67. The number of piperidine rings is 1. The fourth-order valence-corrected chi connectivity index (χ4v) is 4.02. The summed E-state index contributed by atoms with van der Waals surface area (Å²) in [6.45, 7) is 3.89. The van der Waals surface area contributed by atoms with Crippen LogP contribution >= 0.6 is 0 Å². The third kappa shape index (κ3) is 4.09. The van der Waals surface area contributed by atoms with Gasteiger partial charge in [-0.15, -0.1) is 0 Å². The van der Waals surface area contributed by atoms with Gasteiger partial charge in [-0.1, -0.05) is 42.5 Å². The molecule has 0 unspecified atom stereocenters. The first kappa shape index (κ1) is 18.7. The van der Waals surface area contributed by atoms with Crippen molar-refractivity contribution in [2.24, 2.45) is 5.92 Å². The number of likely N-dealkylation sites (tertiary alicyclic amines) is 1. The Morgan fingerprint density at radius 2 is 1.46 bits per heavy atom. The zero-order valence-corrected chi connectivity index (χ0v) is 16.0. The summed E-state index contributed by atoms with van der Waals surface area (Å²) < 4.78 is 5.33. The molecule has 0 aliphatic carbocycles. The van der Waals surface area contributed by atoms with Crippen LogP contribution < -0.4 is 0 Å². The van der Waals surface area contributed by atoms with Crippen molar-refractivity contribution in [3.63, 3.8) is 0 Å². The third-order valence-electron chi connectivity index (χ3n) is 5.67. The molecular weight excluding hydrogens is 352 g/mol. The van der Waals surface area contributed by atoms with E-state index in [0.717, 1.165) is 24.0 Å². The van der Waals surface area contributed by atoms with Crippen LogP contribution in [0.1, 0.15) is 23.2 Å². The van der Waals surface area contributed by atoms with Gasteiger partial charge < -0.3 is 14.5 Å². The summed E-state index contributed by atoms with van der Waals surface area (Å²) in [4.78, 5) is 29.4. The van der Waals surface area contributed by atoms with Crippen molar-refractivity contribution in [1.82, 2.24) is 9.80 Å². The van der Waals surface area contributed by atoms with Crippen LogP contribution in [0, 0.1) is 5.92 Å². The Hall–Kier alpha value is -2.66. The molecule has 2 aliphatic heterocycles. The SMILES string of the molecule is O=C(c1cccc(-c2ccccc2)c1)N1CCC(C(=O)N2CCOCC2)CC1. The van der Waals surface area contributed by atoms with Gasteiger partial charge in [0.1, 0.15) is 0 Å². The number of hydrogen-bond donors (Lipinski definition) is 0. The van der Waals surface area contributed by atoms with Crippen LogP contribution in [0.25, 0.3) is 11.1 Å². The molecule has 5 nitrogen and oxygen atoms in total. The van der Waals surface area contributed by atoms with Crippen LogP contribution in [-0.4, -0.2) is 61.0 Å². The Bertz CT molecular complexity index is 823. The highest BCUT2D eigenvalue weighted by Gasteiger charge is 2.31. The predicted octanol–water partition coefficient (Wildman–Crippen LogP) is 3.06. The molecule has 2 aromatic rings. The lowest BCUT2D eigenvalue weighted by Crippen LogP contribution is -2.47. The molecule has 0 bridgehead atoms. The first-order valence-corrected chi connectivity index (χ1v) is 10.0. The quantitative estimate of drug-likeness (QED) is 0.825. The van der Waals surface area contributed by atoms with E-state index in [9.17, 15) is 9.59 Å². The molecular formula is C23H26N2O3. The van der Waals surface area contributed by atoms with E-state index in [1.54, 1.807) is 0 Å². The van der Waals surface area contributed by atoms with Crippen LogP contribution in [0.4, 0.5) is 0 Å². The second-order valence-corrected chi connectivity index (χ2v) is 7.45. The smallest absolute Gasteiger partial charge is 0.253 e. The number of carbonyl (C=O) groups is 2. The van der Waals surface area contributed by atoms with Gasteiger partial charge in [0.05, 0.1) is 13.2 Å². The molecule has 0 radical (unpaired) electrons. The molecule has 0 spiro atoms. The van der Waals surface area contributed by atoms with Gasteiger partial charge in [-0.25, -0.2) is 0 Å². The molecule has 0 atom stereocenters. The molecule has 5 heteroatoms. The minimum absolute atomic E-state index is 0.0257. The fourth-order valence-electron chi connectivity index (χ4n) is 4.02. The van der Waals surface area contributed by atoms with E-state index in [-0.39, 0.29) is 17.7 Å². The maximum absolute atomic E-state index is 13.0. The van der Waals surface area contributed by atoms with Gasteiger partial charge in [0.2, 0.25) is 5.91 Å². The normalized spacial score (nSPS) is 18.1. The molecule has 4 rings (SSSR count). The number of morpholine rings is 1. The minimum Gasteiger partial charge on any atom is -0.378 e. The largest absolute Gasteiger partial charge is 0.378 e. The Labute approximate surface area is 165 Å². The Morgan fingerprint density at radius 3 is 2.18 bits per heavy atom. The van der Waals surface area contributed by atoms with Crippen molar-refractivity contribution >= 4 is 11.8 Å². The van der Waals surface area contributed by atoms with Crippen molar-refractivity contribution in [3.05, 3.63) is 60.2 Å². The lowest BCUT2D eigenvalue weighted by molar-refractivity contribution is -0.141. The summed E-state index contributed by atoms with van der Waals surface area (Å²) in [6.07, 6.45) is 1.47. The summed E-state index contributed by atoms with van der Waals surface area (Å²) in [7, 11) is 0. The summed E-state index contributed by atoms with van der Waals surface area (Å²) in [5.74, 6) is 0.300. The summed E-state index contributed by atoms with van der Waals surface area (Å²) >= 11 is 0. The maximum Gasteiger partial charge on any atom is 0.253 e. The number of hydrogen-bond acceptors (Lipinski definition) is 3. The second-order valence-electron chi connectivity index (χ2n) is 7.45. The highest BCUT2D eigenvalue weighted by Crippen LogP contribution is 2.24. The number of ether oxygens (including phenoxy) is 1. The van der Waals surface area contributed by atoms with Crippen LogP contribution in [0.5, 0.6) is 0 Å². The van der Waals surface area contributed by atoms with Gasteiger partial charge in [0.15, 0.2) is 0 Å². The van der Waals surface area contributed by atoms with E-state index < -0.39 is 0 Å². The highest BCUT2D eigenvalue weighted by atomic mass is 16.5. The second kappa shape index (κ2) is 8.57. The minimum atomic E-state index is 0.0257. The molecule has 2 fully saturated rings. The van der Waals surface area contributed by atoms with Gasteiger partial charge >= 0.3 is 0 Å².